The van der Waals surface area contributed by atoms with Crippen molar-refractivity contribution in [3.8, 4) is 0 Å². The minimum Gasteiger partial charge on any atom is -0.480 e. The summed E-state index contributed by atoms with van der Waals surface area (Å²) < 4.78 is 5.22. The molecule has 1 unspecified atom stereocenters. The molecule has 0 aromatic carbocycles. The average Bonchev–Trinajstić information content (AvgIpc) is 2.36. The van der Waals surface area contributed by atoms with Gasteiger partial charge >= 0.3 is 12.0 Å². The van der Waals surface area contributed by atoms with Crippen LogP contribution < -0.4 is 5.32 Å². The molecule has 0 aromatic heterocycles. The summed E-state index contributed by atoms with van der Waals surface area (Å²) in [5.74, 6) is -0.988. The molecule has 1 aliphatic rings. The van der Waals surface area contributed by atoms with Crippen molar-refractivity contribution in [1.82, 2.24) is 10.2 Å². The fourth-order valence-corrected chi connectivity index (χ4v) is 1.89. The highest BCUT2D eigenvalue weighted by Crippen LogP contribution is 2.09. The largest absolute Gasteiger partial charge is 0.480 e. The fraction of sp³-hybridized carbons (Fsp3) is 0.833. The quantitative estimate of drug-likeness (QED) is 0.773. The highest BCUT2D eigenvalue weighted by Gasteiger charge is 2.24. The molecule has 0 aromatic rings. The molecule has 18 heavy (non-hydrogen) atoms. The van der Waals surface area contributed by atoms with E-state index in [1.165, 1.54) is 4.90 Å². The van der Waals surface area contributed by atoms with Crippen molar-refractivity contribution in [1.29, 1.82) is 0 Å². The number of ether oxygens (including phenoxy) is 1. The van der Waals surface area contributed by atoms with Gasteiger partial charge in [0.25, 0.3) is 0 Å². The smallest absolute Gasteiger partial charge is 0.323 e. The summed E-state index contributed by atoms with van der Waals surface area (Å²) in [6.07, 6.45) is 2.30. The lowest BCUT2D eigenvalue weighted by molar-refractivity contribution is -0.138. The Morgan fingerprint density at radius 2 is 2.06 bits per heavy atom. The molecular weight excluding hydrogens is 236 g/mol. The van der Waals surface area contributed by atoms with Crippen molar-refractivity contribution >= 4 is 12.0 Å². The molecule has 0 aliphatic carbocycles. The number of hydrogen-bond acceptors (Lipinski definition) is 3. The van der Waals surface area contributed by atoms with Crippen LogP contribution in [0.4, 0.5) is 4.79 Å². The van der Waals surface area contributed by atoms with Crippen LogP contribution in [-0.4, -0.2) is 53.8 Å². The summed E-state index contributed by atoms with van der Waals surface area (Å²) in [4.78, 5) is 24.2. The highest BCUT2D eigenvalue weighted by molar-refractivity contribution is 5.80. The van der Waals surface area contributed by atoms with Crippen LogP contribution in [-0.2, 0) is 9.53 Å². The van der Waals surface area contributed by atoms with E-state index in [4.69, 9.17) is 9.84 Å². The van der Waals surface area contributed by atoms with Crippen molar-refractivity contribution in [2.24, 2.45) is 0 Å². The first-order valence-corrected chi connectivity index (χ1v) is 6.41. The first kappa shape index (κ1) is 14.8. The van der Waals surface area contributed by atoms with Crippen molar-refractivity contribution in [2.75, 3.05) is 19.8 Å². The summed E-state index contributed by atoms with van der Waals surface area (Å²) >= 11 is 0. The number of urea groups is 1. The molecule has 2 N–H and O–H groups in total. The molecule has 1 atom stereocenters. The van der Waals surface area contributed by atoms with Crippen LogP contribution in [0, 0.1) is 0 Å². The predicted octanol–water partition coefficient (Wildman–Crippen LogP) is 1.06. The van der Waals surface area contributed by atoms with Gasteiger partial charge in [0.1, 0.15) is 6.54 Å². The van der Waals surface area contributed by atoms with Gasteiger partial charge in [-0.1, -0.05) is 6.92 Å². The van der Waals surface area contributed by atoms with Crippen LogP contribution in [0.1, 0.15) is 33.1 Å². The van der Waals surface area contributed by atoms with Gasteiger partial charge in [-0.15, -0.1) is 0 Å². The summed E-state index contributed by atoms with van der Waals surface area (Å²) in [7, 11) is 0. The van der Waals surface area contributed by atoms with Crippen LogP contribution >= 0.6 is 0 Å². The standard InChI is InChI=1S/C12H22N2O4/c1-3-9(2)14(8-11(15)16)12(17)13-10-4-6-18-7-5-10/h9-10H,3-8H2,1-2H3,(H,13,17)(H,15,16). The number of aliphatic carboxylic acids is 1. The van der Waals surface area contributed by atoms with Crippen LogP contribution in [0.15, 0.2) is 0 Å². The molecule has 0 spiro atoms. The molecule has 0 radical (unpaired) electrons. The molecule has 1 rings (SSSR count). The van der Waals surface area contributed by atoms with E-state index >= 15 is 0 Å². The summed E-state index contributed by atoms with van der Waals surface area (Å²) in [6, 6.07) is -0.286. The minimum atomic E-state index is -0.988. The summed E-state index contributed by atoms with van der Waals surface area (Å²) in [6.45, 7) is 4.82. The minimum absolute atomic E-state index is 0.0825. The first-order chi connectivity index (χ1) is 8.54. The highest BCUT2D eigenvalue weighted by atomic mass is 16.5. The Morgan fingerprint density at radius 3 is 2.56 bits per heavy atom. The summed E-state index contributed by atoms with van der Waals surface area (Å²) in [5, 5.41) is 11.7. The molecule has 1 heterocycles. The normalized spacial score (nSPS) is 18.1. The second kappa shape index (κ2) is 7.20. The van der Waals surface area contributed by atoms with E-state index in [9.17, 15) is 9.59 Å². The topological polar surface area (TPSA) is 78.9 Å². The van der Waals surface area contributed by atoms with Gasteiger partial charge in [0.05, 0.1) is 0 Å². The zero-order valence-electron chi connectivity index (χ0n) is 11.0. The van der Waals surface area contributed by atoms with Crippen molar-refractivity contribution in [3.05, 3.63) is 0 Å². The van der Waals surface area contributed by atoms with Crippen LogP contribution in [0.3, 0.4) is 0 Å². The van der Waals surface area contributed by atoms with Gasteiger partial charge < -0.3 is 20.1 Å². The second-order valence-corrected chi connectivity index (χ2v) is 4.62. The summed E-state index contributed by atoms with van der Waals surface area (Å²) in [5.41, 5.74) is 0. The number of carbonyl (C=O) groups is 2. The van der Waals surface area contributed by atoms with E-state index in [0.717, 1.165) is 19.3 Å². The van der Waals surface area contributed by atoms with E-state index < -0.39 is 5.97 Å². The van der Waals surface area contributed by atoms with E-state index in [0.29, 0.717) is 13.2 Å². The van der Waals surface area contributed by atoms with E-state index in [1.807, 2.05) is 13.8 Å². The van der Waals surface area contributed by atoms with Gasteiger partial charge in [0.15, 0.2) is 0 Å². The second-order valence-electron chi connectivity index (χ2n) is 4.62. The van der Waals surface area contributed by atoms with Gasteiger partial charge in [-0.2, -0.15) is 0 Å². The molecule has 1 aliphatic heterocycles. The Hall–Kier alpha value is -1.30. The number of amides is 2. The lowest BCUT2D eigenvalue weighted by Crippen LogP contribution is -2.51. The maximum absolute atomic E-state index is 12.1. The zero-order valence-corrected chi connectivity index (χ0v) is 11.0. The average molecular weight is 258 g/mol. The Balaban J connectivity index is 2.54. The first-order valence-electron chi connectivity index (χ1n) is 6.41. The number of rotatable bonds is 5. The van der Waals surface area contributed by atoms with Gasteiger partial charge in [-0.05, 0) is 26.2 Å². The van der Waals surface area contributed by atoms with Crippen LogP contribution in [0.25, 0.3) is 0 Å². The molecule has 6 heteroatoms. The third kappa shape index (κ3) is 4.52. The molecule has 104 valence electrons. The fourth-order valence-electron chi connectivity index (χ4n) is 1.89. The maximum Gasteiger partial charge on any atom is 0.323 e. The molecule has 1 saturated heterocycles. The number of carboxylic acid groups (broad SMARTS) is 1. The number of hydrogen-bond donors (Lipinski definition) is 2. The van der Waals surface area contributed by atoms with Gasteiger partial charge in [0, 0.05) is 25.3 Å². The van der Waals surface area contributed by atoms with Crippen LogP contribution in [0.5, 0.6) is 0 Å². The number of nitrogens with one attached hydrogen (secondary N) is 1. The molecule has 0 saturated carbocycles. The monoisotopic (exact) mass is 258 g/mol. The number of carbonyl (C=O) groups excluding carboxylic acids is 1. The molecule has 0 bridgehead atoms. The Labute approximate surface area is 107 Å². The van der Waals surface area contributed by atoms with E-state index in [2.05, 4.69) is 5.32 Å². The van der Waals surface area contributed by atoms with E-state index in [-0.39, 0.29) is 24.7 Å². The SMILES string of the molecule is CCC(C)N(CC(=O)O)C(=O)NC1CCOCC1. The van der Waals surface area contributed by atoms with Gasteiger partial charge in [-0.25, -0.2) is 4.79 Å². The maximum atomic E-state index is 12.1. The lowest BCUT2D eigenvalue weighted by Gasteiger charge is -2.30. The third-order valence-electron chi connectivity index (χ3n) is 3.24. The molecule has 1 fully saturated rings. The van der Waals surface area contributed by atoms with Crippen molar-refractivity contribution in [3.63, 3.8) is 0 Å². The Bertz CT molecular complexity index is 290. The molecule has 2 amide bonds. The molecular formula is C12H22N2O4. The van der Waals surface area contributed by atoms with Gasteiger partial charge in [-0.3, -0.25) is 4.79 Å². The van der Waals surface area contributed by atoms with Gasteiger partial charge in [0.2, 0.25) is 0 Å². The van der Waals surface area contributed by atoms with E-state index in [1.54, 1.807) is 0 Å². The van der Waals surface area contributed by atoms with Crippen molar-refractivity contribution in [2.45, 2.75) is 45.2 Å². The zero-order chi connectivity index (χ0) is 13.5. The number of nitrogens with zero attached hydrogens (tertiary/aromatic N) is 1. The number of carboxylic acids is 1. The van der Waals surface area contributed by atoms with Crippen LogP contribution in [0.2, 0.25) is 0 Å². The predicted molar refractivity (Wildman–Crippen MR) is 66.5 cm³/mol. The Kier molecular flexibility index (Phi) is 5.91. The van der Waals surface area contributed by atoms with Crippen molar-refractivity contribution < 1.29 is 19.4 Å². The lowest BCUT2D eigenvalue weighted by atomic mass is 10.1. The Morgan fingerprint density at radius 1 is 1.44 bits per heavy atom. The third-order valence-corrected chi connectivity index (χ3v) is 3.24. The molecule has 6 nitrogen and oxygen atoms in total.